The Morgan fingerprint density at radius 1 is 0.815 bits per heavy atom. The summed E-state index contributed by atoms with van der Waals surface area (Å²) < 4.78 is 5.77. The molecule has 0 N–H and O–H groups in total. The van der Waals surface area contributed by atoms with Crippen molar-refractivity contribution in [1.29, 1.82) is 0 Å². The highest BCUT2D eigenvalue weighted by Crippen LogP contribution is 2.22. The first kappa shape index (κ1) is 21.5. The van der Waals surface area contributed by atoms with Crippen LogP contribution in [0.15, 0.2) is 54.6 Å². The van der Waals surface area contributed by atoms with Gasteiger partial charge in [-0.05, 0) is 81.7 Å². The first-order valence-corrected chi connectivity index (χ1v) is 9.90. The molecule has 3 nitrogen and oxygen atoms in total. The van der Waals surface area contributed by atoms with Crippen LogP contribution in [0.25, 0.3) is 0 Å². The molecule has 1 aliphatic rings. The monoisotopic (exact) mass is 387 g/mol. The molecule has 27 heavy (non-hydrogen) atoms. The lowest BCUT2D eigenvalue weighted by molar-refractivity contribution is 0.0978. The van der Waals surface area contributed by atoms with Crippen LogP contribution < -0.4 is 4.74 Å². The number of carbonyl (C=O) groups is 1. The quantitative estimate of drug-likeness (QED) is 0.383. The molecule has 0 bridgehead atoms. The molecule has 1 heterocycles. The van der Waals surface area contributed by atoms with E-state index >= 15 is 0 Å². The van der Waals surface area contributed by atoms with Gasteiger partial charge in [-0.25, -0.2) is 0 Å². The van der Waals surface area contributed by atoms with Crippen LogP contribution in [0.5, 0.6) is 11.5 Å². The van der Waals surface area contributed by atoms with Crippen LogP contribution in [0.4, 0.5) is 0 Å². The van der Waals surface area contributed by atoms with Gasteiger partial charge in [0.1, 0.15) is 11.5 Å². The number of unbranched alkanes of at least 4 members (excludes halogenated alkanes) is 2. The van der Waals surface area contributed by atoms with Crippen molar-refractivity contribution in [1.82, 2.24) is 4.90 Å². The van der Waals surface area contributed by atoms with Crippen LogP contribution in [-0.2, 0) is 0 Å². The number of rotatable bonds is 9. The SMILES string of the molecule is Cl.O=C(CCCCCN1CCCCC1)c1ccc(Oc2ccccc2)cc1. The van der Waals surface area contributed by atoms with E-state index in [4.69, 9.17) is 4.74 Å². The summed E-state index contributed by atoms with van der Waals surface area (Å²) in [6, 6.07) is 17.2. The number of halogens is 1. The number of nitrogens with zero attached hydrogens (tertiary/aromatic N) is 1. The Bertz CT molecular complexity index is 667. The Kier molecular flexibility index (Phi) is 9.37. The van der Waals surface area contributed by atoms with Gasteiger partial charge in [-0.1, -0.05) is 31.0 Å². The van der Waals surface area contributed by atoms with Crippen molar-refractivity contribution >= 4 is 18.2 Å². The molecule has 0 saturated carbocycles. The number of Topliss-reactive ketones (excluding diaryl/α,β-unsaturated/α-hetero) is 1. The number of para-hydroxylation sites is 1. The highest BCUT2D eigenvalue weighted by atomic mass is 35.5. The normalized spacial score (nSPS) is 14.4. The van der Waals surface area contributed by atoms with E-state index in [-0.39, 0.29) is 18.2 Å². The maximum absolute atomic E-state index is 12.3. The second-order valence-corrected chi connectivity index (χ2v) is 7.08. The van der Waals surface area contributed by atoms with Gasteiger partial charge in [0.2, 0.25) is 0 Å². The van der Waals surface area contributed by atoms with Gasteiger partial charge >= 0.3 is 0 Å². The molecular formula is C23H30ClNO2. The third-order valence-electron chi connectivity index (χ3n) is 4.98. The predicted molar refractivity (Wildman–Crippen MR) is 113 cm³/mol. The molecule has 0 radical (unpaired) electrons. The third kappa shape index (κ3) is 7.36. The van der Waals surface area contributed by atoms with E-state index < -0.39 is 0 Å². The maximum Gasteiger partial charge on any atom is 0.162 e. The van der Waals surface area contributed by atoms with E-state index in [9.17, 15) is 4.79 Å². The highest BCUT2D eigenvalue weighted by molar-refractivity contribution is 5.96. The molecule has 3 rings (SSSR count). The Morgan fingerprint density at radius 2 is 1.48 bits per heavy atom. The van der Waals surface area contributed by atoms with Crippen LogP contribution in [0.3, 0.4) is 0 Å². The lowest BCUT2D eigenvalue weighted by Gasteiger charge is -2.26. The molecule has 146 valence electrons. The van der Waals surface area contributed by atoms with Gasteiger partial charge in [0, 0.05) is 12.0 Å². The van der Waals surface area contributed by atoms with Crippen molar-refractivity contribution in [2.45, 2.75) is 44.9 Å². The molecule has 0 atom stereocenters. The Balaban J connectivity index is 0.00000261. The summed E-state index contributed by atoms with van der Waals surface area (Å²) in [6.07, 6.45) is 8.05. The van der Waals surface area contributed by atoms with Gasteiger partial charge in [0.05, 0.1) is 0 Å². The zero-order chi connectivity index (χ0) is 18.0. The summed E-state index contributed by atoms with van der Waals surface area (Å²) >= 11 is 0. The van der Waals surface area contributed by atoms with Crippen molar-refractivity contribution in [3.63, 3.8) is 0 Å². The molecule has 0 aliphatic carbocycles. The zero-order valence-electron chi connectivity index (χ0n) is 15.9. The smallest absolute Gasteiger partial charge is 0.162 e. The standard InChI is InChI=1S/C23H29NO2.ClH/c25-23(12-6-2-7-17-24-18-8-3-9-19-24)20-13-15-22(16-14-20)26-21-10-4-1-5-11-21;/h1,4-5,10-11,13-16H,2-3,6-9,12,17-19H2;1H. The molecule has 1 saturated heterocycles. The van der Waals surface area contributed by atoms with Crippen LogP contribution >= 0.6 is 12.4 Å². The van der Waals surface area contributed by atoms with Crippen molar-refractivity contribution < 1.29 is 9.53 Å². The van der Waals surface area contributed by atoms with Gasteiger partial charge < -0.3 is 9.64 Å². The van der Waals surface area contributed by atoms with Gasteiger partial charge in [0.25, 0.3) is 0 Å². The topological polar surface area (TPSA) is 29.5 Å². The summed E-state index contributed by atoms with van der Waals surface area (Å²) in [6.45, 7) is 3.71. The maximum atomic E-state index is 12.3. The largest absolute Gasteiger partial charge is 0.457 e. The summed E-state index contributed by atoms with van der Waals surface area (Å²) in [5.41, 5.74) is 0.779. The van der Waals surface area contributed by atoms with Gasteiger partial charge in [-0.15, -0.1) is 12.4 Å². The number of likely N-dealkylation sites (tertiary alicyclic amines) is 1. The Hall–Kier alpha value is -1.84. The van der Waals surface area contributed by atoms with E-state index in [1.54, 1.807) is 0 Å². The molecule has 0 unspecified atom stereocenters. The summed E-state index contributed by atoms with van der Waals surface area (Å²) in [7, 11) is 0. The Labute approximate surface area is 169 Å². The van der Waals surface area contributed by atoms with Crippen molar-refractivity contribution in [2.75, 3.05) is 19.6 Å². The molecule has 2 aromatic rings. The van der Waals surface area contributed by atoms with Crippen molar-refractivity contribution in [3.8, 4) is 11.5 Å². The average molecular weight is 388 g/mol. The lowest BCUT2D eigenvalue weighted by atomic mass is 10.0. The summed E-state index contributed by atoms with van der Waals surface area (Å²) in [5.74, 6) is 1.80. The second-order valence-electron chi connectivity index (χ2n) is 7.08. The molecule has 1 aliphatic heterocycles. The summed E-state index contributed by atoms with van der Waals surface area (Å²) in [4.78, 5) is 14.9. The van der Waals surface area contributed by atoms with E-state index in [2.05, 4.69) is 4.90 Å². The number of benzene rings is 2. The van der Waals surface area contributed by atoms with Crippen LogP contribution in [0.1, 0.15) is 55.3 Å². The molecular weight excluding hydrogens is 358 g/mol. The number of hydrogen-bond acceptors (Lipinski definition) is 3. The zero-order valence-corrected chi connectivity index (χ0v) is 16.8. The van der Waals surface area contributed by atoms with Gasteiger partial charge in [-0.2, -0.15) is 0 Å². The van der Waals surface area contributed by atoms with Crippen molar-refractivity contribution in [3.05, 3.63) is 60.2 Å². The van der Waals surface area contributed by atoms with E-state index in [0.717, 1.165) is 29.9 Å². The Morgan fingerprint density at radius 3 is 2.19 bits per heavy atom. The molecule has 2 aromatic carbocycles. The fourth-order valence-electron chi connectivity index (χ4n) is 3.46. The fraction of sp³-hybridized carbons (Fsp3) is 0.435. The molecule has 0 amide bonds. The molecule has 1 fully saturated rings. The average Bonchev–Trinajstić information content (AvgIpc) is 2.70. The van der Waals surface area contributed by atoms with Crippen LogP contribution in [0.2, 0.25) is 0 Å². The number of carbonyl (C=O) groups excluding carboxylic acids is 1. The minimum absolute atomic E-state index is 0. The van der Waals surface area contributed by atoms with Crippen LogP contribution in [-0.4, -0.2) is 30.3 Å². The predicted octanol–water partition coefficient (Wildman–Crippen LogP) is 6.13. The first-order chi connectivity index (χ1) is 12.8. The van der Waals surface area contributed by atoms with Crippen molar-refractivity contribution in [2.24, 2.45) is 0 Å². The molecule has 0 spiro atoms. The van der Waals surface area contributed by atoms with Gasteiger partial charge in [0.15, 0.2) is 5.78 Å². The van der Waals surface area contributed by atoms with Gasteiger partial charge in [-0.3, -0.25) is 4.79 Å². The van der Waals surface area contributed by atoms with E-state index in [0.29, 0.717) is 6.42 Å². The number of ether oxygens (including phenoxy) is 1. The number of ketones is 1. The lowest BCUT2D eigenvalue weighted by Crippen LogP contribution is -2.30. The minimum atomic E-state index is 0. The fourth-order valence-corrected chi connectivity index (χ4v) is 3.46. The molecule has 4 heteroatoms. The minimum Gasteiger partial charge on any atom is -0.457 e. The first-order valence-electron chi connectivity index (χ1n) is 9.90. The second kappa shape index (κ2) is 11.8. The number of hydrogen-bond donors (Lipinski definition) is 0. The van der Waals surface area contributed by atoms with E-state index in [1.807, 2.05) is 54.6 Å². The van der Waals surface area contributed by atoms with Crippen LogP contribution in [0, 0.1) is 0 Å². The van der Waals surface area contributed by atoms with E-state index in [1.165, 1.54) is 45.3 Å². The third-order valence-corrected chi connectivity index (χ3v) is 4.98. The summed E-state index contributed by atoms with van der Waals surface area (Å²) in [5, 5.41) is 0. The molecule has 0 aromatic heterocycles. The number of piperidine rings is 1. The highest BCUT2D eigenvalue weighted by Gasteiger charge is 2.10.